The van der Waals surface area contributed by atoms with Crippen molar-refractivity contribution in [1.82, 2.24) is 9.88 Å². The molecule has 0 saturated carbocycles. The first-order valence-electron chi connectivity index (χ1n) is 8.70. The summed E-state index contributed by atoms with van der Waals surface area (Å²) in [6, 6.07) is 15.6. The lowest BCUT2D eigenvalue weighted by Crippen LogP contribution is -2.19. The number of benzene rings is 2. The number of aliphatic imine (C=N–C) groups is 1. The number of carbonyl (C=O) groups is 1. The van der Waals surface area contributed by atoms with Gasteiger partial charge in [0.2, 0.25) is 0 Å². The van der Waals surface area contributed by atoms with Crippen LogP contribution in [0.15, 0.2) is 64.6 Å². The Balaban J connectivity index is 1.59. The first-order valence-corrected chi connectivity index (χ1v) is 9.52. The molecule has 0 spiro atoms. The Morgan fingerprint density at radius 1 is 1.19 bits per heavy atom. The van der Waals surface area contributed by atoms with E-state index >= 15 is 0 Å². The number of thioether (sulfide) groups is 1. The van der Waals surface area contributed by atoms with Crippen LogP contribution in [0.5, 0.6) is 5.75 Å². The molecule has 0 aliphatic carbocycles. The van der Waals surface area contributed by atoms with Crippen LogP contribution in [0.3, 0.4) is 0 Å². The topological polar surface area (TPSA) is 55.6 Å². The molecule has 0 radical (unpaired) electrons. The summed E-state index contributed by atoms with van der Waals surface area (Å²) in [5.41, 5.74) is 2.93. The van der Waals surface area contributed by atoms with Gasteiger partial charge in [0.05, 0.1) is 17.2 Å². The van der Waals surface area contributed by atoms with Gasteiger partial charge in [-0.3, -0.25) is 4.79 Å². The summed E-state index contributed by atoms with van der Waals surface area (Å²) in [5, 5.41) is 4.54. The summed E-state index contributed by atoms with van der Waals surface area (Å²) in [7, 11) is 2.00. The zero-order chi connectivity index (χ0) is 18.8. The van der Waals surface area contributed by atoms with E-state index in [9.17, 15) is 4.79 Å². The maximum Gasteiger partial charge on any atom is 0.264 e. The fraction of sp³-hybridized carbons (Fsp3) is 0.143. The summed E-state index contributed by atoms with van der Waals surface area (Å²) >= 11 is 1.35. The fourth-order valence-corrected chi connectivity index (χ4v) is 3.84. The van der Waals surface area contributed by atoms with E-state index in [0.717, 1.165) is 27.9 Å². The van der Waals surface area contributed by atoms with Gasteiger partial charge in [0, 0.05) is 29.7 Å². The van der Waals surface area contributed by atoms with E-state index in [1.807, 2.05) is 62.6 Å². The third-order valence-corrected chi connectivity index (χ3v) is 5.15. The van der Waals surface area contributed by atoms with Crippen LogP contribution in [-0.2, 0) is 11.8 Å². The summed E-state index contributed by atoms with van der Waals surface area (Å²) in [6.07, 6.45) is 3.95. The highest BCUT2D eigenvalue weighted by Gasteiger charge is 2.24. The number of hydrogen-bond donors (Lipinski definition) is 1. The molecule has 136 valence electrons. The maximum absolute atomic E-state index is 12.4. The number of nitrogens with zero attached hydrogens (tertiary/aromatic N) is 2. The van der Waals surface area contributed by atoms with Crippen LogP contribution in [0.4, 0.5) is 5.69 Å². The molecule has 0 atom stereocenters. The second-order valence-corrected chi connectivity index (χ2v) is 7.15. The van der Waals surface area contributed by atoms with Gasteiger partial charge in [-0.25, -0.2) is 4.99 Å². The highest BCUT2D eigenvalue weighted by molar-refractivity contribution is 8.18. The molecule has 1 fully saturated rings. The molecule has 2 aromatic carbocycles. The van der Waals surface area contributed by atoms with Gasteiger partial charge in [-0.05, 0) is 55.1 Å². The van der Waals surface area contributed by atoms with E-state index in [2.05, 4.69) is 27.0 Å². The summed E-state index contributed by atoms with van der Waals surface area (Å²) < 4.78 is 7.50. The van der Waals surface area contributed by atoms with Crippen molar-refractivity contribution in [3.8, 4) is 5.75 Å². The molecule has 1 aromatic heterocycles. The second-order valence-electron chi connectivity index (χ2n) is 6.12. The van der Waals surface area contributed by atoms with Crippen molar-refractivity contribution in [2.24, 2.45) is 12.0 Å². The Hall–Kier alpha value is -2.99. The summed E-state index contributed by atoms with van der Waals surface area (Å²) in [6.45, 7) is 2.57. The van der Waals surface area contributed by atoms with Crippen LogP contribution in [0.2, 0.25) is 0 Å². The van der Waals surface area contributed by atoms with Crippen molar-refractivity contribution in [2.45, 2.75) is 6.92 Å². The lowest BCUT2D eigenvalue weighted by atomic mass is 10.1. The second kappa shape index (κ2) is 7.32. The first kappa shape index (κ1) is 17.4. The largest absolute Gasteiger partial charge is 0.494 e. The molecule has 1 aliphatic rings. The van der Waals surface area contributed by atoms with Gasteiger partial charge in [-0.1, -0.05) is 18.2 Å². The van der Waals surface area contributed by atoms with Crippen LogP contribution in [0.25, 0.3) is 17.0 Å². The smallest absolute Gasteiger partial charge is 0.264 e. The standard InChI is InChI=1S/C21H19N3O2S/c1-3-26-16-10-8-15(9-11-16)22-21-23-20(25)19(27-21)12-14-13-24(2)18-7-5-4-6-17(14)18/h4-13H,3H2,1-2H3,(H,22,23,25)/b19-12-. The fourth-order valence-electron chi connectivity index (χ4n) is 3.01. The van der Waals surface area contributed by atoms with Crippen LogP contribution >= 0.6 is 11.8 Å². The van der Waals surface area contributed by atoms with Crippen LogP contribution in [0, 0.1) is 0 Å². The lowest BCUT2D eigenvalue weighted by Gasteiger charge is -2.02. The highest BCUT2D eigenvalue weighted by atomic mass is 32.2. The van der Waals surface area contributed by atoms with E-state index in [-0.39, 0.29) is 5.91 Å². The number of amides is 1. The average molecular weight is 377 g/mol. The maximum atomic E-state index is 12.4. The van der Waals surface area contributed by atoms with Crippen LogP contribution in [-0.4, -0.2) is 22.2 Å². The molecular formula is C21H19N3O2S. The zero-order valence-electron chi connectivity index (χ0n) is 15.1. The summed E-state index contributed by atoms with van der Waals surface area (Å²) in [4.78, 5) is 17.5. The SMILES string of the molecule is CCOc1ccc(N=C2NC(=O)/C(=C/c3cn(C)c4ccccc34)S2)cc1. The van der Waals surface area contributed by atoms with Crippen molar-refractivity contribution in [3.05, 3.63) is 65.2 Å². The van der Waals surface area contributed by atoms with Gasteiger partial charge < -0.3 is 14.6 Å². The number of aromatic nitrogens is 1. The first-order chi connectivity index (χ1) is 13.1. The number of hydrogen-bond acceptors (Lipinski definition) is 4. The number of ether oxygens (including phenoxy) is 1. The number of nitrogens with one attached hydrogen (secondary N) is 1. The molecule has 6 heteroatoms. The lowest BCUT2D eigenvalue weighted by molar-refractivity contribution is -0.115. The number of aryl methyl sites for hydroxylation is 1. The van der Waals surface area contributed by atoms with Gasteiger partial charge >= 0.3 is 0 Å². The zero-order valence-corrected chi connectivity index (χ0v) is 15.9. The minimum absolute atomic E-state index is 0.127. The molecule has 1 saturated heterocycles. The third kappa shape index (κ3) is 3.61. The number of rotatable bonds is 4. The number of para-hydroxylation sites is 1. The monoisotopic (exact) mass is 377 g/mol. The highest BCUT2D eigenvalue weighted by Crippen LogP contribution is 2.31. The Morgan fingerprint density at radius 3 is 2.74 bits per heavy atom. The Bertz CT molecular complexity index is 1060. The Kier molecular flexibility index (Phi) is 4.73. The van der Waals surface area contributed by atoms with E-state index in [0.29, 0.717) is 16.7 Å². The molecule has 4 rings (SSSR count). The minimum Gasteiger partial charge on any atom is -0.494 e. The number of amidine groups is 1. The van der Waals surface area contributed by atoms with Crippen molar-refractivity contribution in [1.29, 1.82) is 0 Å². The summed E-state index contributed by atoms with van der Waals surface area (Å²) in [5.74, 6) is 0.679. The predicted molar refractivity (Wildman–Crippen MR) is 111 cm³/mol. The normalized spacial score (nSPS) is 17.0. The van der Waals surface area contributed by atoms with Crippen molar-refractivity contribution < 1.29 is 9.53 Å². The predicted octanol–water partition coefficient (Wildman–Crippen LogP) is 4.47. The van der Waals surface area contributed by atoms with Crippen molar-refractivity contribution >= 4 is 45.5 Å². The molecule has 1 amide bonds. The molecule has 2 heterocycles. The van der Waals surface area contributed by atoms with E-state index in [1.165, 1.54) is 11.8 Å². The average Bonchev–Trinajstić information content (AvgIpc) is 3.17. The van der Waals surface area contributed by atoms with E-state index in [1.54, 1.807) is 0 Å². The third-order valence-electron chi connectivity index (χ3n) is 4.24. The molecule has 3 aromatic rings. The van der Waals surface area contributed by atoms with Crippen molar-refractivity contribution in [3.63, 3.8) is 0 Å². The van der Waals surface area contributed by atoms with E-state index in [4.69, 9.17) is 4.74 Å². The molecule has 1 N–H and O–H groups in total. The van der Waals surface area contributed by atoms with Crippen LogP contribution < -0.4 is 10.1 Å². The van der Waals surface area contributed by atoms with Gasteiger partial charge in [-0.15, -0.1) is 0 Å². The van der Waals surface area contributed by atoms with Gasteiger partial charge in [0.25, 0.3) is 5.91 Å². The molecule has 0 unspecified atom stereocenters. The van der Waals surface area contributed by atoms with Gasteiger partial charge in [-0.2, -0.15) is 0 Å². The quantitative estimate of drug-likeness (QED) is 0.683. The van der Waals surface area contributed by atoms with Gasteiger partial charge in [0.15, 0.2) is 5.17 Å². The Labute approximate surface area is 161 Å². The van der Waals surface area contributed by atoms with Gasteiger partial charge in [0.1, 0.15) is 5.75 Å². The number of fused-ring (bicyclic) bond motifs is 1. The number of carbonyl (C=O) groups excluding carboxylic acids is 1. The van der Waals surface area contributed by atoms with E-state index < -0.39 is 0 Å². The molecular weight excluding hydrogens is 358 g/mol. The van der Waals surface area contributed by atoms with Crippen LogP contribution in [0.1, 0.15) is 12.5 Å². The molecule has 27 heavy (non-hydrogen) atoms. The molecule has 5 nitrogen and oxygen atoms in total. The molecule has 1 aliphatic heterocycles. The van der Waals surface area contributed by atoms with Crippen molar-refractivity contribution in [2.75, 3.05) is 6.61 Å². The minimum atomic E-state index is -0.127. The Morgan fingerprint density at radius 2 is 1.96 bits per heavy atom. The molecule has 0 bridgehead atoms.